The molecule has 7 heteroatoms. The predicted octanol–water partition coefficient (Wildman–Crippen LogP) is 0.0168. The lowest BCUT2D eigenvalue weighted by Gasteiger charge is -2.23. The summed E-state index contributed by atoms with van der Waals surface area (Å²) in [5, 5.41) is 22.6. The number of urea groups is 1. The fraction of sp³-hybridized carbons (Fsp3) is 0.800. The number of hydrogen-bond acceptors (Lipinski definition) is 4. The minimum atomic E-state index is -1.13. The van der Waals surface area contributed by atoms with Crippen molar-refractivity contribution in [2.45, 2.75) is 31.3 Å². The number of aliphatic hydroxyl groups excluding tert-OH is 1. The van der Waals surface area contributed by atoms with Crippen molar-refractivity contribution in [1.82, 2.24) is 10.6 Å². The molecule has 1 unspecified atom stereocenters. The van der Waals surface area contributed by atoms with Crippen molar-refractivity contribution in [2.24, 2.45) is 0 Å². The number of hydrogen-bond donors (Lipinski definition) is 4. The lowest BCUT2D eigenvalue weighted by Crippen LogP contribution is -2.50. The highest BCUT2D eigenvalue weighted by Gasteiger charge is 2.21. The summed E-state index contributed by atoms with van der Waals surface area (Å²) in [6.07, 6.45) is 2.01. The van der Waals surface area contributed by atoms with E-state index in [0.29, 0.717) is 0 Å². The lowest BCUT2D eigenvalue weighted by molar-refractivity contribution is -0.139. The molecule has 1 rings (SSSR count). The van der Waals surface area contributed by atoms with E-state index in [1.165, 1.54) is 0 Å². The normalized spacial score (nSPS) is 21.6. The molecule has 0 aromatic rings. The number of nitrogens with one attached hydrogen (secondary N) is 2. The minimum absolute atomic E-state index is 0.0160. The Balaban J connectivity index is 2.33. The van der Waals surface area contributed by atoms with Gasteiger partial charge in [0.2, 0.25) is 0 Å². The molecule has 2 atom stereocenters. The SMILES string of the molecule is O=C(NC1CCCSC1)N[C@@H](CCO)C(=O)O. The molecule has 1 aliphatic heterocycles. The summed E-state index contributed by atoms with van der Waals surface area (Å²) in [7, 11) is 0. The van der Waals surface area contributed by atoms with E-state index < -0.39 is 18.0 Å². The molecule has 0 aliphatic carbocycles. The smallest absolute Gasteiger partial charge is 0.326 e. The van der Waals surface area contributed by atoms with Crippen LogP contribution >= 0.6 is 11.8 Å². The van der Waals surface area contributed by atoms with Crippen LogP contribution < -0.4 is 10.6 Å². The molecule has 17 heavy (non-hydrogen) atoms. The van der Waals surface area contributed by atoms with Gasteiger partial charge in [-0.05, 0) is 18.6 Å². The molecule has 0 saturated carbocycles. The second-order valence-corrected chi connectivity index (χ2v) is 5.08. The molecular weight excluding hydrogens is 244 g/mol. The number of rotatable bonds is 5. The number of carbonyl (C=O) groups is 2. The average Bonchev–Trinajstić information content (AvgIpc) is 2.29. The fourth-order valence-electron chi connectivity index (χ4n) is 1.63. The third kappa shape index (κ3) is 5.27. The Morgan fingerprint density at radius 3 is 2.76 bits per heavy atom. The topological polar surface area (TPSA) is 98.7 Å². The van der Waals surface area contributed by atoms with Crippen molar-refractivity contribution in [1.29, 1.82) is 0 Å². The standard InChI is InChI=1S/C10H18N2O4S/c13-4-3-8(9(14)15)12-10(16)11-7-2-1-5-17-6-7/h7-8,13H,1-6H2,(H,14,15)(H2,11,12,16)/t7?,8-/m0/s1. The van der Waals surface area contributed by atoms with Crippen molar-refractivity contribution in [3.63, 3.8) is 0 Å². The molecule has 0 radical (unpaired) electrons. The largest absolute Gasteiger partial charge is 0.480 e. The van der Waals surface area contributed by atoms with Gasteiger partial charge >= 0.3 is 12.0 Å². The molecule has 98 valence electrons. The van der Waals surface area contributed by atoms with Gasteiger partial charge in [0.1, 0.15) is 6.04 Å². The molecule has 0 aromatic heterocycles. The first-order chi connectivity index (χ1) is 8.13. The number of carbonyl (C=O) groups excluding carboxylic acids is 1. The average molecular weight is 262 g/mol. The monoisotopic (exact) mass is 262 g/mol. The number of amides is 2. The summed E-state index contributed by atoms with van der Waals surface area (Å²) >= 11 is 1.78. The highest BCUT2D eigenvalue weighted by molar-refractivity contribution is 7.99. The van der Waals surface area contributed by atoms with Crippen LogP contribution in [0.3, 0.4) is 0 Å². The molecule has 1 heterocycles. The zero-order valence-electron chi connectivity index (χ0n) is 9.52. The van der Waals surface area contributed by atoms with E-state index in [4.69, 9.17) is 10.2 Å². The van der Waals surface area contributed by atoms with Gasteiger partial charge in [0, 0.05) is 24.8 Å². The van der Waals surface area contributed by atoms with Crippen molar-refractivity contribution in [3.05, 3.63) is 0 Å². The first-order valence-corrected chi connectivity index (χ1v) is 6.77. The molecule has 1 saturated heterocycles. The maximum atomic E-state index is 11.5. The summed E-state index contributed by atoms with van der Waals surface area (Å²) < 4.78 is 0. The van der Waals surface area contributed by atoms with E-state index in [1.54, 1.807) is 11.8 Å². The minimum Gasteiger partial charge on any atom is -0.480 e. The summed E-state index contributed by atoms with van der Waals surface area (Å²) in [5.74, 6) is 0.847. The van der Waals surface area contributed by atoms with Crippen LogP contribution in [0.4, 0.5) is 4.79 Å². The zero-order valence-corrected chi connectivity index (χ0v) is 10.3. The lowest BCUT2D eigenvalue weighted by atomic mass is 10.2. The Morgan fingerprint density at radius 1 is 1.47 bits per heavy atom. The molecule has 0 spiro atoms. The third-order valence-electron chi connectivity index (χ3n) is 2.52. The van der Waals surface area contributed by atoms with E-state index in [-0.39, 0.29) is 19.1 Å². The van der Waals surface area contributed by atoms with Gasteiger partial charge in [0.25, 0.3) is 0 Å². The van der Waals surface area contributed by atoms with E-state index >= 15 is 0 Å². The quantitative estimate of drug-likeness (QED) is 0.560. The third-order valence-corrected chi connectivity index (χ3v) is 3.73. The summed E-state index contributed by atoms with van der Waals surface area (Å²) in [5.41, 5.74) is 0. The van der Waals surface area contributed by atoms with Gasteiger partial charge in [-0.2, -0.15) is 11.8 Å². The molecule has 0 bridgehead atoms. The Morgan fingerprint density at radius 2 is 2.24 bits per heavy atom. The first kappa shape index (κ1) is 14.1. The molecule has 4 N–H and O–H groups in total. The van der Waals surface area contributed by atoms with Gasteiger partial charge in [-0.25, -0.2) is 9.59 Å². The van der Waals surface area contributed by atoms with Crippen LogP contribution in [0.1, 0.15) is 19.3 Å². The fourth-order valence-corrected chi connectivity index (χ4v) is 2.70. The number of thioether (sulfide) groups is 1. The highest BCUT2D eigenvalue weighted by atomic mass is 32.2. The molecular formula is C10H18N2O4S. The van der Waals surface area contributed by atoms with Gasteiger partial charge < -0.3 is 20.8 Å². The van der Waals surface area contributed by atoms with Crippen molar-refractivity contribution >= 4 is 23.8 Å². The second-order valence-electron chi connectivity index (χ2n) is 3.93. The number of aliphatic carboxylic acids is 1. The molecule has 1 aliphatic rings. The van der Waals surface area contributed by atoms with E-state index in [1.807, 2.05) is 0 Å². The van der Waals surface area contributed by atoms with Crippen LogP contribution in [-0.4, -0.2) is 52.4 Å². The number of carboxylic acid groups (broad SMARTS) is 1. The Bertz CT molecular complexity index is 269. The van der Waals surface area contributed by atoms with Crippen LogP contribution in [0.15, 0.2) is 0 Å². The Hall–Kier alpha value is -0.950. The van der Waals surface area contributed by atoms with Crippen LogP contribution in [0, 0.1) is 0 Å². The van der Waals surface area contributed by atoms with Gasteiger partial charge in [0.15, 0.2) is 0 Å². The van der Waals surface area contributed by atoms with Gasteiger partial charge in [-0.3, -0.25) is 0 Å². The van der Waals surface area contributed by atoms with Crippen LogP contribution in [-0.2, 0) is 4.79 Å². The number of carboxylic acids is 1. The molecule has 0 aromatic carbocycles. The van der Waals surface area contributed by atoms with E-state index in [0.717, 1.165) is 24.3 Å². The first-order valence-electron chi connectivity index (χ1n) is 5.62. The van der Waals surface area contributed by atoms with Gasteiger partial charge in [-0.1, -0.05) is 0 Å². The Kier molecular flexibility index (Phi) is 6.13. The van der Waals surface area contributed by atoms with Crippen LogP contribution in [0.25, 0.3) is 0 Å². The van der Waals surface area contributed by atoms with Crippen LogP contribution in [0.2, 0.25) is 0 Å². The summed E-state index contributed by atoms with van der Waals surface area (Å²) in [4.78, 5) is 22.3. The maximum absolute atomic E-state index is 11.5. The second kappa shape index (κ2) is 7.39. The van der Waals surface area contributed by atoms with Crippen molar-refractivity contribution in [2.75, 3.05) is 18.1 Å². The maximum Gasteiger partial charge on any atom is 0.326 e. The molecule has 1 fully saturated rings. The highest BCUT2D eigenvalue weighted by Crippen LogP contribution is 2.16. The number of aliphatic hydroxyl groups is 1. The summed E-state index contributed by atoms with van der Waals surface area (Å²) in [6, 6.07) is -1.40. The molecule has 2 amide bonds. The van der Waals surface area contributed by atoms with Crippen molar-refractivity contribution in [3.8, 4) is 0 Å². The van der Waals surface area contributed by atoms with Gasteiger partial charge in [-0.15, -0.1) is 0 Å². The summed E-state index contributed by atoms with van der Waals surface area (Å²) in [6.45, 7) is -0.267. The predicted molar refractivity (Wildman–Crippen MR) is 65.1 cm³/mol. The van der Waals surface area contributed by atoms with E-state index in [2.05, 4.69) is 10.6 Å². The zero-order chi connectivity index (χ0) is 12.7. The molecule has 6 nitrogen and oxygen atoms in total. The van der Waals surface area contributed by atoms with Gasteiger partial charge in [0.05, 0.1) is 0 Å². The Labute approximate surface area is 104 Å². The van der Waals surface area contributed by atoms with E-state index in [9.17, 15) is 9.59 Å². The van der Waals surface area contributed by atoms with Crippen LogP contribution in [0.5, 0.6) is 0 Å². The van der Waals surface area contributed by atoms with Crippen molar-refractivity contribution < 1.29 is 19.8 Å².